The Kier molecular flexibility index (Phi) is 4.22. The van der Waals surface area contributed by atoms with Crippen molar-refractivity contribution in [1.29, 1.82) is 0 Å². The van der Waals surface area contributed by atoms with Gasteiger partial charge in [-0.3, -0.25) is 4.79 Å². The predicted octanol–water partition coefficient (Wildman–Crippen LogP) is 3.27. The number of nitrogens with two attached hydrogens (primary N) is 1. The van der Waals surface area contributed by atoms with E-state index in [0.29, 0.717) is 17.8 Å². The van der Waals surface area contributed by atoms with Crippen LogP contribution in [0.5, 0.6) is 0 Å². The number of amides is 1. The third-order valence-corrected chi connectivity index (χ3v) is 3.65. The minimum absolute atomic E-state index is 0.107. The summed E-state index contributed by atoms with van der Waals surface area (Å²) in [4.78, 5) is 12.0. The summed E-state index contributed by atoms with van der Waals surface area (Å²) in [7, 11) is 0. The monoisotopic (exact) mass is 318 g/mol. The third-order valence-electron chi connectivity index (χ3n) is 2.96. The minimum atomic E-state index is -0.107. The Labute approximate surface area is 121 Å². The molecule has 0 aliphatic rings. The van der Waals surface area contributed by atoms with Crippen LogP contribution in [0.3, 0.4) is 0 Å². The fourth-order valence-corrected chi connectivity index (χ4v) is 2.13. The van der Waals surface area contributed by atoms with Crippen LogP contribution in [0.25, 0.3) is 0 Å². The summed E-state index contributed by atoms with van der Waals surface area (Å²) in [5, 5.41) is 2.90. The Morgan fingerprint density at radius 2 is 2.00 bits per heavy atom. The first-order valence-electron chi connectivity index (χ1n) is 5.95. The molecule has 0 saturated carbocycles. The summed E-state index contributed by atoms with van der Waals surface area (Å²) in [6.07, 6.45) is 0. The SMILES string of the molecule is Cc1ccccc1CNC(=O)c1ccc(N)c(Br)c1. The summed E-state index contributed by atoms with van der Waals surface area (Å²) >= 11 is 3.32. The van der Waals surface area contributed by atoms with Gasteiger partial charge in [-0.15, -0.1) is 0 Å². The standard InChI is InChI=1S/C15H15BrN2O/c1-10-4-2-3-5-12(10)9-18-15(19)11-6-7-14(17)13(16)8-11/h2-8H,9,17H2,1H3,(H,18,19). The molecule has 1 amide bonds. The Morgan fingerprint density at radius 1 is 1.26 bits per heavy atom. The second-order valence-electron chi connectivity index (χ2n) is 4.35. The van der Waals surface area contributed by atoms with Gasteiger partial charge in [-0.05, 0) is 52.2 Å². The van der Waals surface area contributed by atoms with E-state index >= 15 is 0 Å². The van der Waals surface area contributed by atoms with E-state index in [-0.39, 0.29) is 5.91 Å². The molecule has 2 aromatic carbocycles. The maximum atomic E-state index is 12.0. The second-order valence-corrected chi connectivity index (χ2v) is 5.20. The molecule has 0 unspecified atom stereocenters. The maximum absolute atomic E-state index is 12.0. The van der Waals surface area contributed by atoms with E-state index in [2.05, 4.69) is 21.2 Å². The van der Waals surface area contributed by atoms with Gasteiger partial charge in [0.2, 0.25) is 0 Å². The number of nitrogen functional groups attached to an aromatic ring is 1. The number of nitrogens with one attached hydrogen (secondary N) is 1. The van der Waals surface area contributed by atoms with Gasteiger partial charge in [-0.1, -0.05) is 24.3 Å². The van der Waals surface area contributed by atoms with E-state index in [4.69, 9.17) is 5.73 Å². The van der Waals surface area contributed by atoms with Crippen LogP contribution in [0, 0.1) is 6.92 Å². The number of rotatable bonds is 3. The highest BCUT2D eigenvalue weighted by atomic mass is 79.9. The van der Waals surface area contributed by atoms with Gasteiger partial charge in [0.05, 0.1) is 0 Å². The van der Waals surface area contributed by atoms with Crippen LogP contribution in [-0.2, 0) is 6.54 Å². The molecule has 0 atom stereocenters. The molecule has 98 valence electrons. The van der Waals surface area contributed by atoms with Crippen molar-refractivity contribution < 1.29 is 4.79 Å². The van der Waals surface area contributed by atoms with Crippen molar-refractivity contribution in [2.75, 3.05) is 5.73 Å². The number of anilines is 1. The van der Waals surface area contributed by atoms with Crippen LogP contribution in [0.2, 0.25) is 0 Å². The molecule has 3 N–H and O–H groups in total. The molecule has 0 aromatic heterocycles. The molecular formula is C15H15BrN2O. The summed E-state index contributed by atoms with van der Waals surface area (Å²) in [6.45, 7) is 2.55. The molecule has 0 spiro atoms. The lowest BCUT2D eigenvalue weighted by Gasteiger charge is -2.08. The molecule has 3 nitrogen and oxygen atoms in total. The molecule has 2 rings (SSSR count). The van der Waals surface area contributed by atoms with E-state index in [9.17, 15) is 4.79 Å². The van der Waals surface area contributed by atoms with Crippen LogP contribution in [-0.4, -0.2) is 5.91 Å². The number of aryl methyl sites for hydroxylation is 1. The number of carbonyl (C=O) groups is 1. The summed E-state index contributed by atoms with van der Waals surface area (Å²) in [6, 6.07) is 13.1. The highest BCUT2D eigenvalue weighted by molar-refractivity contribution is 9.10. The highest BCUT2D eigenvalue weighted by Gasteiger charge is 2.07. The van der Waals surface area contributed by atoms with Gasteiger partial charge in [-0.25, -0.2) is 0 Å². The lowest BCUT2D eigenvalue weighted by Crippen LogP contribution is -2.23. The maximum Gasteiger partial charge on any atom is 0.251 e. The molecule has 0 radical (unpaired) electrons. The fraction of sp³-hybridized carbons (Fsp3) is 0.133. The van der Waals surface area contributed by atoms with Crippen molar-refractivity contribution >= 4 is 27.5 Å². The molecule has 19 heavy (non-hydrogen) atoms. The van der Waals surface area contributed by atoms with Crippen molar-refractivity contribution in [3.8, 4) is 0 Å². The Morgan fingerprint density at radius 3 is 2.68 bits per heavy atom. The first-order chi connectivity index (χ1) is 9.08. The fourth-order valence-electron chi connectivity index (χ4n) is 1.75. The topological polar surface area (TPSA) is 55.1 Å². The minimum Gasteiger partial charge on any atom is -0.398 e. The summed E-state index contributed by atoms with van der Waals surface area (Å²) in [5.41, 5.74) is 9.19. The van der Waals surface area contributed by atoms with E-state index < -0.39 is 0 Å². The van der Waals surface area contributed by atoms with Crippen molar-refractivity contribution in [2.24, 2.45) is 0 Å². The van der Waals surface area contributed by atoms with Crippen molar-refractivity contribution in [3.05, 3.63) is 63.6 Å². The Hall–Kier alpha value is -1.81. The zero-order valence-corrected chi connectivity index (χ0v) is 12.2. The molecule has 4 heteroatoms. The van der Waals surface area contributed by atoms with Crippen LogP contribution in [0.15, 0.2) is 46.9 Å². The third kappa shape index (κ3) is 3.35. The quantitative estimate of drug-likeness (QED) is 0.853. The number of carbonyl (C=O) groups excluding carboxylic acids is 1. The largest absolute Gasteiger partial charge is 0.398 e. The lowest BCUT2D eigenvalue weighted by molar-refractivity contribution is 0.0951. The van der Waals surface area contributed by atoms with Gasteiger partial charge in [0.1, 0.15) is 0 Å². The number of halogens is 1. The Bertz CT molecular complexity index is 611. The molecule has 0 aliphatic carbocycles. The normalized spacial score (nSPS) is 10.2. The van der Waals surface area contributed by atoms with Gasteiger partial charge in [0, 0.05) is 22.3 Å². The predicted molar refractivity (Wildman–Crippen MR) is 80.9 cm³/mol. The highest BCUT2D eigenvalue weighted by Crippen LogP contribution is 2.20. The average Bonchev–Trinajstić information content (AvgIpc) is 2.40. The molecule has 0 heterocycles. The van der Waals surface area contributed by atoms with E-state index in [0.717, 1.165) is 10.0 Å². The van der Waals surface area contributed by atoms with E-state index in [1.165, 1.54) is 5.56 Å². The number of benzene rings is 2. The van der Waals surface area contributed by atoms with E-state index in [1.807, 2.05) is 31.2 Å². The number of hydrogen-bond donors (Lipinski definition) is 2. The van der Waals surface area contributed by atoms with Gasteiger partial charge in [0.15, 0.2) is 0 Å². The zero-order valence-electron chi connectivity index (χ0n) is 10.6. The Balaban J connectivity index is 2.05. The summed E-state index contributed by atoms with van der Waals surface area (Å²) in [5.74, 6) is -0.107. The molecule has 0 bridgehead atoms. The van der Waals surface area contributed by atoms with Gasteiger partial charge in [-0.2, -0.15) is 0 Å². The summed E-state index contributed by atoms with van der Waals surface area (Å²) < 4.78 is 0.732. The molecule has 0 saturated heterocycles. The first-order valence-corrected chi connectivity index (χ1v) is 6.75. The number of hydrogen-bond acceptors (Lipinski definition) is 2. The zero-order chi connectivity index (χ0) is 13.8. The van der Waals surface area contributed by atoms with Gasteiger partial charge >= 0.3 is 0 Å². The lowest BCUT2D eigenvalue weighted by atomic mass is 10.1. The van der Waals surface area contributed by atoms with Crippen LogP contribution < -0.4 is 11.1 Å². The molecular weight excluding hydrogens is 304 g/mol. The van der Waals surface area contributed by atoms with E-state index in [1.54, 1.807) is 18.2 Å². The van der Waals surface area contributed by atoms with Gasteiger partial charge in [0.25, 0.3) is 5.91 Å². The molecule has 0 aliphatic heterocycles. The molecule has 2 aromatic rings. The smallest absolute Gasteiger partial charge is 0.251 e. The van der Waals surface area contributed by atoms with Crippen molar-refractivity contribution in [3.63, 3.8) is 0 Å². The van der Waals surface area contributed by atoms with Crippen molar-refractivity contribution in [2.45, 2.75) is 13.5 Å². The first kappa shape index (κ1) is 13.6. The van der Waals surface area contributed by atoms with Crippen molar-refractivity contribution in [1.82, 2.24) is 5.32 Å². The van der Waals surface area contributed by atoms with Crippen LogP contribution >= 0.6 is 15.9 Å². The molecule has 0 fully saturated rings. The second kappa shape index (κ2) is 5.89. The van der Waals surface area contributed by atoms with Crippen LogP contribution in [0.1, 0.15) is 21.5 Å². The average molecular weight is 319 g/mol. The van der Waals surface area contributed by atoms with Crippen LogP contribution in [0.4, 0.5) is 5.69 Å². The van der Waals surface area contributed by atoms with Gasteiger partial charge < -0.3 is 11.1 Å².